The molecule has 2 aromatic carbocycles. The van der Waals surface area contributed by atoms with Crippen molar-refractivity contribution < 1.29 is 13.2 Å². The van der Waals surface area contributed by atoms with Gasteiger partial charge in [-0.05, 0) is 41.8 Å². The molecule has 0 saturated carbocycles. The fraction of sp³-hybridized carbons (Fsp3) is 0.190. The number of rotatable bonds is 2. The maximum absolute atomic E-state index is 12.9. The van der Waals surface area contributed by atoms with Crippen molar-refractivity contribution in [2.45, 2.75) is 29.2 Å². The highest BCUT2D eigenvalue weighted by molar-refractivity contribution is 7.99. The van der Waals surface area contributed by atoms with E-state index < -0.39 is 11.7 Å². The third-order valence-electron chi connectivity index (χ3n) is 4.52. The number of thioether (sulfide) groups is 1. The zero-order valence-electron chi connectivity index (χ0n) is 13.8. The number of alkyl halides is 3. The second-order valence-electron chi connectivity index (χ2n) is 6.28. The van der Waals surface area contributed by atoms with Gasteiger partial charge in [-0.15, -0.1) is 11.8 Å². The SMILES string of the molecule is FC(F)(F)c1ccc(C2CC(C3=CC=CC3)=Nc3ccccc3S2)cc1. The molecule has 2 aromatic rings. The third kappa shape index (κ3) is 3.49. The number of allylic oxidation sites excluding steroid dienone is 4. The van der Waals surface area contributed by atoms with Gasteiger partial charge >= 0.3 is 6.18 Å². The first-order valence-electron chi connectivity index (χ1n) is 8.37. The van der Waals surface area contributed by atoms with Gasteiger partial charge in [-0.2, -0.15) is 13.2 Å². The van der Waals surface area contributed by atoms with Crippen molar-refractivity contribution in [3.05, 3.63) is 83.5 Å². The lowest BCUT2D eigenvalue weighted by atomic mass is 10.00. The molecule has 0 fully saturated rings. The quantitative estimate of drug-likeness (QED) is 0.559. The number of benzene rings is 2. The molecule has 1 nitrogen and oxygen atoms in total. The van der Waals surface area contributed by atoms with Crippen LogP contribution >= 0.6 is 11.8 Å². The molecule has 1 unspecified atom stereocenters. The Morgan fingerprint density at radius 3 is 2.46 bits per heavy atom. The minimum atomic E-state index is -4.31. The maximum atomic E-state index is 12.9. The van der Waals surface area contributed by atoms with Crippen molar-refractivity contribution in [1.82, 2.24) is 0 Å². The summed E-state index contributed by atoms with van der Waals surface area (Å²) in [7, 11) is 0. The summed E-state index contributed by atoms with van der Waals surface area (Å²) < 4.78 is 38.6. The van der Waals surface area contributed by atoms with Crippen molar-refractivity contribution in [2.24, 2.45) is 4.99 Å². The largest absolute Gasteiger partial charge is 0.416 e. The lowest BCUT2D eigenvalue weighted by molar-refractivity contribution is -0.137. The average molecular weight is 371 g/mol. The summed E-state index contributed by atoms with van der Waals surface area (Å²) in [5.74, 6) is 0. The minimum absolute atomic E-state index is 0.0289. The first kappa shape index (κ1) is 17.2. The van der Waals surface area contributed by atoms with Gasteiger partial charge in [-0.3, -0.25) is 4.99 Å². The molecule has 0 amide bonds. The number of halogens is 3. The first-order chi connectivity index (χ1) is 12.5. The molecule has 1 aliphatic heterocycles. The number of para-hydroxylation sites is 1. The van der Waals surface area contributed by atoms with E-state index in [9.17, 15) is 13.2 Å². The summed E-state index contributed by atoms with van der Waals surface area (Å²) >= 11 is 1.66. The van der Waals surface area contributed by atoms with Crippen molar-refractivity contribution in [3.8, 4) is 0 Å². The lowest BCUT2D eigenvalue weighted by Crippen LogP contribution is -2.07. The van der Waals surface area contributed by atoms with Crippen LogP contribution in [0.5, 0.6) is 0 Å². The molecule has 26 heavy (non-hydrogen) atoms. The maximum Gasteiger partial charge on any atom is 0.416 e. The van der Waals surface area contributed by atoms with E-state index in [1.54, 1.807) is 23.9 Å². The van der Waals surface area contributed by atoms with Crippen LogP contribution in [-0.2, 0) is 6.18 Å². The van der Waals surface area contributed by atoms with Crippen LogP contribution in [0.15, 0.2) is 82.2 Å². The molecule has 132 valence electrons. The number of aliphatic imine (C=N–C) groups is 1. The Bertz CT molecular complexity index is 908. The van der Waals surface area contributed by atoms with Crippen LogP contribution < -0.4 is 0 Å². The van der Waals surface area contributed by atoms with Crippen molar-refractivity contribution >= 4 is 23.2 Å². The van der Waals surface area contributed by atoms with Gasteiger partial charge in [0.25, 0.3) is 0 Å². The van der Waals surface area contributed by atoms with E-state index in [2.05, 4.69) is 12.2 Å². The van der Waals surface area contributed by atoms with E-state index in [1.807, 2.05) is 30.3 Å². The van der Waals surface area contributed by atoms with Crippen molar-refractivity contribution in [1.29, 1.82) is 0 Å². The van der Waals surface area contributed by atoms with Crippen LogP contribution in [0.2, 0.25) is 0 Å². The number of hydrogen-bond donors (Lipinski definition) is 0. The molecule has 5 heteroatoms. The third-order valence-corrected chi connectivity index (χ3v) is 5.84. The van der Waals surface area contributed by atoms with Gasteiger partial charge in [-0.1, -0.05) is 42.5 Å². The molecule has 0 bridgehead atoms. The van der Waals surface area contributed by atoms with E-state index in [1.165, 1.54) is 17.7 Å². The van der Waals surface area contributed by atoms with Crippen molar-refractivity contribution in [3.63, 3.8) is 0 Å². The minimum Gasteiger partial charge on any atom is -0.252 e. The summed E-state index contributed by atoms with van der Waals surface area (Å²) in [6.07, 6.45) is 3.42. The van der Waals surface area contributed by atoms with Gasteiger partial charge in [0.05, 0.1) is 11.3 Å². The summed E-state index contributed by atoms with van der Waals surface area (Å²) in [4.78, 5) is 5.92. The Morgan fingerprint density at radius 1 is 1.00 bits per heavy atom. The highest BCUT2D eigenvalue weighted by Crippen LogP contribution is 2.46. The van der Waals surface area contributed by atoms with E-state index >= 15 is 0 Å². The summed E-state index contributed by atoms with van der Waals surface area (Å²) in [5.41, 5.74) is 3.39. The number of nitrogens with zero attached hydrogens (tertiary/aromatic N) is 1. The van der Waals surface area contributed by atoms with Gasteiger partial charge in [0, 0.05) is 22.3 Å². The van der Waals surface area contributed by atoms with E-state index in [4.69, 9.17) is 4.99 Å². The van der Waals surface area contributed by atoms with Crippen LogP contribution in [0.4, 0.5) is 18.9 Å². The Balaban J connectivity index is 1.70. The molecule has 0 spiro atoms. The van der Waals surface area contributed by atoms with Crippen LogP contribution in [0.3, 0.4) is 0 Å². The first-order valence-corrected chi connectivity index (χ1v) is 9.25. The van der Waals surface area contributed by atoms with Crippen molar-refractivity contribution in [2.75, 3.05) is 0 Å². The van der Waals surface area contributed by atoms with Gasteiger partial charge in [-0.25, -0.2) is 0 Å². The molecule has 0 radical (unpaired) electrons. The molecule has 0 aromatic heterocycles. The molecule has 1 atom stereocenters. The molecule has 2 aliphatic rings. The fourth-order valence-corrected chi connectivity index (χ4v) is 4.38. The predicted octanol–water partition coefficient (Wildman–Crippen LogP) is 6.90. The molecular formula is C21H16F3NS. The zero-order chi connectivity index (χ0) is 18.1. The zero-order valence-corrected chi connectivity index (χ0v) is 14.6. The normalized spacial score (nSPS) is 19.6. The Labute approximate surface area is 154 Å². The fourth-order valence-electron chi connectivity index (χ4n) is 3.15. The monoisotopic (exact) mass is 371 g/mol. The smallest absolute Gasteiger partial charge is 0.252 e. The van der Waals surface area contributed by atoms with Gasteiger partial charge in [0.15, 0.2) is 0 Å². The molecule has 1 aliphatic carbocycles. The molecule has 0 saturated heterocycles. The summed E-state index contributed by atoms with van der Waals surface area (Å²) in [6, 6.07) is 13.4. The Morgan fingerprint density at radius 2 is 1.77 bits per heavy atom. The standard InChI is InChI=1S/C21H16F3NS/c22-21(23,24)16-11-9-15(10-12-16)20-13-18(14-5-1-2-6-14)25-17-7-3-4-8-19(17)26-20/h1-5,7-12,20H,6,13H2. The highest BCUT2D eigenvalue weighted by Gasteiger charge is 2.31. The van der Waals surface area contributed by atoms with Crippen LogP contribution in [0.25, 0.3) is 0 Å². The highest BCUT2D eigenvalue weighted by atomic mass is 32.2. The Hall–Kier alpha value is -2.27. The Kier molecular flexibility index (Phi) is 4.49. The molecule has 4 rings (SSSR count). The second-order valence-corrected chi connectivity index (χ2v) is 7.53. The van der Waals surface area contributed by atoms with Gasteiger partial charge in [0.2, 0.25) is 0 Å². The van der Waals surface area contributed by atoms with Crippen LogP contribution in [-0.4, -0.2) is 5.71 Å². The van der Waals surface area contributed by atoms with E-state index in [0.717, 1.165) is 28.3 Å². The van der Waals surface area contributed by atoms with Gasteiger partial charge < -0.3 is 0 Å². The second kappa shape index (κ2) is 6.80. The number of fused-ring (bicyclic) bond motifs is 1. The lowest BCUT2D eigenvalue weighted by Gasteiger charge is -2.17. The molecular weight excluding hydrogens is 355 g/mol. The topological polar surface area (TPSA) is 12.4 Å². The molecule has 1 heterocycles. The number of hydrogen-bond acceptors (Lipinski definition) is 2. The van der Waals surface area contributed by atoms with E-state index in [-0.39, 0.29) is 5.25 Å². The van der Waals surface area contributed by atoms with E-state index in [0.29, 0.717) is 6.42 Å². The predicted molar refractivity (Wildman–Crippen MR) is 100 cm³/mol. The van der Waals surface area contributed by atoms with Crippen LogP contribution in [0.1, 0.15) is 29.2 Å². The van der Waals surface area contributed by atoms with Gasteiger partial charge in [0.1, 0.15) is 0 Å². The van der Waals surface area contributed by atoms with Crippen LogP contribution in [0, 0.1) is 0 Å². The molecule has 0 N–H and O–H groups in total. The average Bonchev–Trinajstić information content (AvgIpc) is 3.09. The summed E-state index contributed by atoms with van der Waals surface area (Å²) in [5, 5.41) is 0.0289. The summed E-state index contributed by atoms with van der Waals surface area (Å²) in [6.45, 7) is 0.